The molecule has 1 saturated heterocycles. The lowest BCUT2D eigenvalue weighted by Crippen LogP contribution is -2.33. The fraction of sp³-hybridized carbons (Fsp3) is 0.429. The lowest BCUT2D eigenvalue weighted by Gasteiger charge is -2.20. The van der Waals surface area contributed by atoms with E-state index in [-0.39, 0.29) is 12.0 Å². The van der Waals surface area contributed by atoms with Crippen molar-refractivity contribution in [2.45, 2.75) is 25.4 Å². The summed E-state index contributed by atoms with van der Waals surface area (Å²) >= 11 is 1.44. The number of hydrogen-bond donors (Lipinski definition) is 1. The Bertz CT molecular complexity index is 620. The fourth-order valence-electron chi connectivity index (χ4n) is 2.27. The molecule has 3 rings (SSSR count). The molecule has 1 unspecified atom stereocenters. The second-order valence-corrected chi connectivity index (χ2v) is 5.70. The van der Waals surface area contributed by atoms with Crippen LogP contribution in [0.4, 0.5) is 5.13 Å². The molecule has 1 atom stereocenters. The van der Waals surface area contributed by atoms with E-state index in [1.807, 2.05) is 18.2 Å². The van der Waals surface area contributed by atoms with E-state index < -0.39 is 0 Å². The molecule has 1 amide bonds. The van der Waals surface area contributed by atoms with Gasteiger partial charge >= 0.3 is 0 Å². The summed E-state index contributed by atoms with van der Waals surface area (Å²) in [5.74, 6) is 0.607. The molecule has 6 heteroatoms. The number of carbonyl (C=O) groups is 1. The molecule has 0 aliphatic carbocycles. The van der Waals surface area contributed by atoms with Gasteiger partial charge in [0.15, 0.2) is 5.13 Å². The highest BCUT2D eigenvalue weighted by molar-refractivity contribution is 7.22. The van der Waals surface area contributed by atoms with Crippen molar-refractivity contribution < 1.29 is 14.3 Å². The molecule has 1 aliphatic heterocycles. The maximum absolute atomic E-state index is 12.1. The Hall–Kier alpha value is -1.66. The molecule has 0 saturated carbocycles. The molecule has 0 bridgehead atoms. The van der Waals surface area contributed by atoms with Crippen molar-refractivity contribution in [2.24, 2.45) is 0 Å². The third-order valence-corrected chi connectivity index (χ3v) is 4.24. The summed E-state index contributed by atoms with van der Waals surface area (Å²) in [6.07, 6.45) is 2.49. The number of nitrogens with zero attached hydrogens (tertiary/aromatic N) is 1. The first-order valence-electron chi connectivity index (χ1n) is 6.64. The van der Waals surface area contributed by atoms with Crippen molar-refractivity contribution in [2.75, 3.05) is 19.0 Å². The van der Waals surface area contributed by atoms with Gasteiger partial charge in [0.05, 0.1) is 11.8 Å². The van der Waals surface area contributed by atoms with E-state index in [2.05, 4.69) is 10.3 Å². The molecule has 2 aromatic rings. The second kappa shape index (κ2) is 5.76. The summed E-state index contributed by atoms with van der Waals surface area (Å²) in [5, 5.41) is 3.43. The van der Waals surface area contributed by atoms with Crippen LogP contribution in [0.25, 0.3) is 10.2 Å². The Morgan fingerprint density at radius 3 is 3.15 bits per heavy atom. The van der Waals surface area contributed by atoms with E-state index >= 15 is 0 Å². The number of aromatic nitrogens is 1. The monoisotopic (exact) mass is 292 g/mol. The summed E-state index contributed by atoms with van der Waals surface area (Å²) in [5.41, 5.74) is 0.778. The molecule has 1 aromatic carbocycles. The number of rotatable bonds is 3. The number of methoxy groups -OCH3 is 1. The van der Waals surface area contributed by atoms with Gasteiger partial charge < -0.3 is 9.47 Å². The largest absolute Gasteiger partial charge is 0.494 e. The van der Waals surface area contributed by atoms with Crippen molar-refractivity contribution in [3.8, 4) is 5.75 Å². The molecule has 20 heavy (non-hydrogen) atoms. The van der Waals surface area contributed by atoms with Crippen molar-refractivity contribution in [1.29, 1.82) is 0 Å². The number of amides is 1. The normalized spacial score (nSPS) is 18.9. The smallest absolute Gasteiger partial charge is 0.255 e. The zero-order valence-corrected chi connectivity index (χ0v) is 12.0. The number of nitrogens with one attached hydrogen (secondary N) is 1. The van der Waals surface area contributed by atoms with Gasteiger partial charge in [0, 0.05) is 6.61 Å². The maximum Gasteiger partial charge on any atom is 0.255 e. The van der Waals surface area contributed by atoms with Gasteiger partial charge in [0.2, 0.25) is 0 Å². The highest BCUT2D eigenvalue weighted by Crippen LogP contribution is 2.32. The number of hydrogen-bond acceptors (Lipinski definition) is 5. The minimum atomic E-state index is -0.349. The summed E-state index contributed by atoms with van der Waals surface area (Å²) in [6.45, 7) is 0.658. The highest BCUT2D eigenvalue weighted by atomic mass is 32.1. The van der Waals surface area contributed by atoms with Gasteiger partial charge in [-0.1, -0.05) is 17.4 Å². The van der Waals surface area contributed by atoms with E-state index in [1.165, 1.54) is 11.3 Å². The number of benzene rings is 1. The van der Waals surface area contributed by atoms with E-state index in [9.17, 15) is 4.79 Å². The third-order valence-electron chi connectivity index (χ3n) is 3.30. The average Bonchev–Trinajstić information content (AvgIpc) is 2.90. The van der Waals surface area contributed by atoms with E-state index in [1.54, 1.807) is 7.11 Å². The molecule has 1 aliphatic rings. The average molecular weight is 292 g/mol. The number of para-hydroxylation sites is 1. The Kier molecular flexibility index (Phi) is 3.84. The van der Waals surface area contributed by atoms with Gasteiger partial charge in [-0.25, -0.2) is 4.98 Å². The van der Waals surface area contributed by atoms with Crippen LogP contribution in [0, 0.1) is 0 Å². The van der Waals surface area contributed by atoms with Crippen molar-refractivity contribution in [1.82, 2.24) is 4.98 Å². The molecule has 2 heterocycles. The molecule has 5 nitrogen and oxygen atoms in total. The lowest BCUT2D eigenvalue weighted by molar-refractivity contribution is -0.129. The van der Waals surface area contributed by atoms with Crippen LogP contribution in [0.3, 0.4) is 0 Å². The van der Waals surface area contributed by atoms with Gasteiger partial charge in [-0.2, -0.15) is 0 Å². The molecule has 1 fully saturated rings. The summed E-state index contributed by atoms with van der Waals surface area (Å²) < 4.78 is 11.7. The first-order chi connectivity index (χ1) is 9.78. The molecule has 106 valence electrons. The van der Waals surface area contributed by atoms with E-state index in [0.29, 0.717) is 17.5 Å². The zero-order chi connectivity index (χ0) is 13.9. The van der Waals surface area contributed by atoms with Crippen molar-refractivity contribution in [3.05, 3.63) is 18.2 Å². The van der Waals surface area contributed by atoms with Gasteiger partial charge in [0.1, 0.15) is 17.4 Å². The summed E-state index contributed by atoms with van der Waals surface area (Å²) in [4.78, 5) is 16.5. The molecule has 0 radical (unpaired) electrons. The molecular weight excluding hydrogens is 276 g/mol. The standard InChI is InChI=1S/C14H16N2O3S/c1-18-9-6-4-7-11-12(9)15-14(20-11)16-13(17)10-5-2-3-8-19-10/h4,6-7,10H,2-3,5,8H2,1H3,(H,15,16,17). The van der Waals surface area contributed by atoms with Crippen LogP contribution in [-0.4, -0.2) is 30.7 Å². The van der Waals surface area contributed by atoms with Crippen LogP contribution in [0.15, 0.2) is 18.2 Å². The number of thiazole rings is 1. The minimum Gasteiger partial charge on any atom is -0.494 e. The summed E-state index contributed by atoms with van der Waals surface area (Å²) in [6, 6.07) is 5.73. The molecular formula is C14H16N2O3S. The van der Waals surface area contributed by atoms with E-state index in [4.69, 9.17) is 9.47 Å². The van der Waals surface area contributed by atoms with Gasteiger partial charge in [-0.05, 0) is 31.4 Å². The predicted octanol–water partition coefficient (Wildman–Crippen LogP) is 2.81. The van der Waals surface area contributed by atoms with Gasteiger partial charge in [-0.15, -0.1) is 0 Å². The lowest BCUT2D eigenvalue weighted by atomic mass is 10.1. The minimum absolute atomic E-state index is 0.109. The topological polar surface area (TPSA) is 60.5 Å². The number of ether oxygens (including phenoxy) is 2. The Balaban J connectivity index is 1.78. The third kappa shape index (κ3) is 2.62. The quantitative estimate of drug-likeness (QED) is 0.945. The molecule has 1 aromatic heterocycles. The number of carbonyl (C=O) groups excluding carboxylic acids is 1. The Morgan fingerprint density at radius 1 is 1.50 bits per heavy atom. The van der Waals surface area contributed by atoms with Crippen molar-refractivity contribution >= 4 is 32.6 Å². The maximum atomic E-state index is 12.1. The first-order valence-corrected chi connectivity index (χ1v) is 7.45. The SMILES string of the molecule is COc1cccc2sc(NC(=O)C3CCCCO3)nc12. The van der Waals surface area contributed by atoms with Gasteiger partial charge in [-0.3, -0.25) is 10.1 Å². The zero-order valence-electron chi connectivity index (χ0n) is 11.2. The van der Waals surface area contributed by atoms with Crippen LogP contribution in [-0.2, 0) is 9.53 Å². The first kappa shape index (κ1) is 13.3. The van der Waals surface area contributed by atoms with Gasteiger partial charge in [0.25, 0.3) is 5.91 Å². The fourth-order valence-corrected chi connectivity index (χ4v) is 3.16. The van der Waals surface area contributed by atoms with E-state index in [0.717, 1.165) is 29.5 Å². The van der Waals surface area contributed by atoms with Crippen LogP contribution in [0.5, 0.6) is 5.75 Å². The summed E-state index contributed by atoms with van der Waals surface area (Å²) in [7, 11) is 1.61. The van der Waals surface area contributed by atoms with Crippen LogP contribution in [0.2, 0.25) is 0 Å². The highest BCUT2D eigenvalue weighted by Gasteiger charge is 2.23. The van der Waals surface area contributed by atoms with Crippen LogP contribution >= 0.6 is 11.3 Å². The predicted molar refractivity (Wildman–Crippen MR) is 78.4 cm³/mol. The second-order valence-electron chi connectivity index (χ2n) is 4.67. The molecule has 1 N–H and O–H groups in total. The van der Waals surface area contributed by atoms with Crippen molar-refractivity contribution in [3.63, 3.8) is 0 Å². The Labute approximate surface area is 120 Å². The van der Waals surface area contributed by atoms with Crippen LogP contribution in [0.1, 0.15) is 19.3 Å². The van der Waals surface area contributed by atoms with Crippen LogP contribution < -0.4 is 10.1 Å². The Morgan fingerprint density at radius 2 is 2.40 bits per heavy atom. The number of anilines is 1. The number of fused-ring (bicyclic) bond motifs is 1. The molecule has 0 spiro atoms.